The lowest BCUT2D eigenvalue weighted by molar-refractivity contribution is 0.0729. The number of benzene rings is 2. The summed E-state index contributed by atoms with van der Waals surface area (Å²) >= 11 is 0. The molecule has 0 amide bonds. The summed E-state index contributed by atoms with van der Waals surface area (Å²) < 4.78 is 5.34. The van der Waals surface area contributed by atoms with E-state index in [2.05, 4.69) is 10.3 Å². The minimum Gasteiger partial charge on any atom is -0.506 e. The first-order valence-electron chi connectivity index (χ1n) is 8.79. The smallest absolute Gasteiger partial charge is 0.360 e. The average Bonchev–Trinajstić information content (AvgIpc) is 3.07. The number of fused-ring (bicyclic) bond motifs is 1. The van der Waals surface area contributed by atoms with Gasteiger partial charge in [-0.05, 0) is 50.6 Å². The Labute approximate surface area is 157 Å². The largest absolute Gasteiger partial charge is 0.506 e. The zero-order valence-electron chi connectivity index (χ0n) is 15.6. The third-order valence-electron chi connectivity index (χ3n) is 4.16. The van der Waals surface area contributed by atoms with Crippen molar-refractivity contribution >= 4 is 16.9 Å². The van der Waals surface area contributed by atoms with Crippen molar-refractivity contribution in [2.75, 3.05) is 6.54 Å². The van der Waals surface area contributed by atoms with E-state index in [0.29, 0.717) is 28.8 Å². The quantitative estimate of drug-likeness (QED) is 0.408. The number of carbonyl (C=O) groups excluding carboxylic acids is 1. The number of esters is 1. The van der Waals surface area contributed by atoms with Crippen LogP contribution < -0.4 is 10.1 Å². The topological polar surface area (TPSA) is 94.6 Å². The van der Waals surface area contributed by atoms with Crippen molar-refractivity contribution in [3.8, 4) is 11.5 Å². The fourth-order valence-corrected chi connectivity index (χ4v) is 2.79. The molecule has 6 nitrogen and oxygen atoms in total. The fourth-order valence-electron chi connectivity index (χ4n) is 2.79. The summed E-state index contributed by atoms with van der Waals surface area (Å²) in [5.41, 5.74) is 1.07. The third-order valence-corrected chi connectivity index (χ3v) is 4.16. The summed E-state index contributed by atoms with van der Waals surface area (Å²) in [6.07, 6.45) is -0.791. The van der Waals surface area contributed by atoms with Gasteiger partial charge in [0.2, 0.25) is 0 Å². The predicted molar refractivity (Wildman–Crippen MR) is 104 cm³/mol. The zero-order valence-corrected chi connectivity index (χ0v) is 15.6. The molecule has 2 aromatic carbocycles. The highest BCUT2D eigenvalue weighted by atomic mass is 16.5. The Hall–Kier alpha value is -2.83. The van der Waals surface area contributed by atoms with Crippen molar-refractivity contribution in [1.29, 1.82) is 0 Å². The first-order valence-corrected chi connectivity index (χ1v) is 8.79. The molecule has 1 atom stereocenters. The molecule has 0 bridgehead atoms. The maximum Gasteiger partial charge on any atom is 0.360 e. The van der Waals surface area contributed by atoms with Gasteiger partial charge in [0.05, 0.1) is 11.6 Å². The van der Waals surface area contributed by atoms with Crippen molar-refractivity contribution in [2.45, 2.75) is 32.4 Å². The number of phenolic OH excluding ortho intramolecular Hbond substituents is 1. The lowest BCUT2D eigenvalue weighted by Crippen LogP contribution is -2.38. The van der Waals surface area contributed by atoms with Gasteiger partial charge in [-0.15, -0.1) is 0 Å². The normalized spacial score (nSPS) is 12.9. The molecule has 0 saturated carbocycles. The van der Waals surface area contributed by atoms with Gasteiger partial charge in [-0.25, -0.2) is 4.79 Å². The van der Waals surface area contributed by atoms with Crippen LogP contribution in [0, 0.1) is 0 Å². The third kappa shape index (κ3) is 4.48. The van der Waals surface area contributed by atoms with Crippen molar-refractivity contribution < 1.29 is 19.7 Å². The minimum atomic E-state index is -0.791. The summed E-state index contributed by atoms with van der Waals surface area (Å²) in [6, 6.07) is 13.5. The molecule has 1 unspecified atom stereocenters. The molecule has 1 aromatic heterocycles. The number of aromatic nitrogens is 1. The Morgan fingerprint density at radius 3 is 2.56 bits per heavy atom. The molecular weight excluding hydrogens is 344 g/mol. The van der Waals surface area contributed by atoms with E-state index in [9.17, 15) is 15.0 Å². The van der Waals surface area contributed by atoms with Crippen LogP contribution in [0.3, 0.4) is 0 Å². The predicted octanol–water partition coefficient (Wildman–Crippen LogP) is 3.51. The molecule has 6 heteroatoms. The van der Waals surface area contributed by atoms with E-state index in [0.717, 1.165) is 0 Å². The maximum atomic E-state index is 12.4. The Morgan fingerprint density at radius 1 is 1.19 bits per heavy atom. The molecule has 0 fully saturated rings. The number of aromatic hydroxyl groups is 1. The standard InChI is InChI=1S/C21H24N2O4/c1-21(2,3)22-12-18(25)14-9-10-17(24)19-15(14)11-16(23-19)20(26)27-13-7-5-4-6-8-13/h4-11,18,22-25H,12H2,1-3H3. The molecule has 0 radical (unpaired) electrons. The zero-order chi connectivity index (χ0) is 19.6. The molecule has 3 rings (SSSR count). The molecule has 3 aromatic rings. The molecule has 1 heterocycles. The molecule has 0 aliphatic rings. The number of rotatable bonds is 5. The number of H-pyrrole nitrogens is 1. The SMILES string of the molecule is CC(C)(C)NCC(O)c1ccc(O)c2[nH]c(C(=O)Oc3ccccc3)cc12. The van der Waals surface area contributed by atoms with E-state index in [1.807, 2.05) is 26.8 Å². The number of aliphatic hydroxyl groups is 1. The molecule has 0 spiro atoms. The van der Waals surface area contributed by atoms with Crippen LogP contribution >= 0.6 is 0 Å². The van der Waals surface area contributed by atoms with E-state index in [1.54, 1.807) is 36.4 Å². The number of aliphatic hydroxyl groups excluding tert-OH is 1. The van der Waals surface area contributed by atoms with E-state index >= 15 is 0 Å². The maximum absolute atomic E-state index is 12.4. The second-order valence-electron chi connectivity index (χ2n) is 7.49. The van der Waals surface area contributed by atoms with E-state index in [1.165, 1.54) is 6.07 Å². The molecular formula is C21H24N2O4. The second kappa shape index (κ2) is 7.42. The van der Waals surface area contributed by atoms with Crippen molar-refractivity contribution in [2.24, 2.45) is 0 Å². The molecule has 27 heavy (non-hydrogen) atoms. The summed E-state index contributed by atoms with van der Waals surface area (Å²) in [7, 11) is 0. The Balaban J connectivity index is 1.89. The Kier molecular flexibility index (Phi) is 5.21. The lowest BCUT2D eigenvalue weighted by atomic mass is 10.0. The highest BCUT2D eigenvalue weighted by Gasteiger charge is 2.20. The summed E-state index contributed by atoms with van der Waals surface area (Å²) in [5, 5.41) is 24.6. The van der Waals surface area contributed by atoms with E-state index < -0.39 is 12.1 Å². The van der Waals surface area contributed by atoms with Crippen LogP contribution in [0.25, 0.3) is 10.9 Å². The number of ether oxygens (including phenoxy) is 1. The number of hydrogen-bond acceptors (Lipinski definition) is 5. The van der Waals surface area contributed by atoms with E-state index in [4.69, 9.17) is 4.74 Å². The second-order valence-corrected chi connectivity index (χ2v) is 7.49. The first-order chi connectivity index (χ1) is 12.7. The molecule has 0 aliphatic heterocycles. The van der Waals surface area contributed by atoms with Gasteiger partial charge >= 0.3 is 5.97 Å². The van der Waals surface area contributed by atoms with Gasteiger partial charge in [-0.2, -0.15) is 0 Å². The first kappa shape index (κ1) is 18.9. The fraction of sp³-hybridized carbons (Fsp3) is 0.286. The van der Waals surface area contributed by atoms with Gasteiger partial charge < -0.3 is 25.3 Å². The Morgan fingerprint density at radius 2 is 1.89 bits per heavy atom. The lowest BCUT2D eigenvalue weighted by Gasteiger charge is -2.23. The number of β-amino-alcohol motifs (C(OH)–C–C–N with tert-alkyl or cyclic N) is 1. The van der Waals surface area contributed by atoms with Crippen LogP contribution in [0.2, 0.25) is 0 Å². The van der Waals surface area contributed by atoms with Crippen LogP contribution in [0.5, 0.6) is 11.5 Å². The van der Waals surface area contributed by atoms with Gasteiger partial charge in [0.1, 0.15) is 17.2 Å². The highest BCUT2D eigenvalue weighted by Crippen LogP contribution is 2.32. The number of nitrogens with one attached hydrogen (secondary N) is 2. The summed E-state index contributed by atoms with van der Waals surface area (Å²) in [5.74, 6) is -0.131. The molecule has 4 N–H and O–H groups in total. The monoisotopic (exact) mass is 368 g/mol. The van der Waals surface area contributed by atoms with E-state index in [-0.39, 0.29) is 17.0 Å². The molecule has 142 valence electrons. The number of para-hydroxylation sites is 1. The van der Waals surface area contributed by atoms with Crippen LogP contribution in [-0.4, -0.2) is 33.3 Å². The van der Waals surface area contributed by atoms with Crippen molar-refractivity contribution in [1.82, 2.24) is 10.3 Å². The van der Waals surface area contributed by atoms with Gasteiger partial charge in [-0.3, -0.25) is 0 Å². The number of hydrogen-bond donors (Lipinski definition) is 4. The molecule has 0 saturated heterocycles. The van der Waals surface area contributed by atoms with Gasteiger partial charge in [-0.1, -0.05) is 24.3 Å². The van der Waals surface area contributed by atoms with Crippen LogP contribution in [0.1, 0.15) is 42.9 Å². The summed E-state index contributed by atoms with van der Waals surface area (Å²) in [6.45, 7) is 6.39. The molecule has 0 aliphatic carbocycles. The van der Waals surface area contributed by atoms with Gasteiger partial charge in [0.25, 0.3) is 0 Å². The van der Waals surface area contributed by atoms with Crippen LogP contribution in [0.15, 0.2) is 48.5 Å². The van der Waals surface area contributed by atoms with Gasteiger partial charge in [0.15, 0.2) is 0 Å². The van der Waals surface area contributed by atoms with Crippen LogP contribution in [-0.2, 0) is 0 Å². The number of phenols is 1. The van der Waals surface area contributed by atoms with Gasteiger partial charge in [0, 0.05) is 17.5 Å². The van der Waals surface area contributed by atoms with Crippen molar-refractivity contribution in [3.05, 3.63) is 59.8 Å². The minimum absolute atomic E-state index is 0.00323. The van der Waals surface area contributed by atoms with Crippen molar-refractivity contribution in [3.63, 3.8) is 0 Å². The Bertz CT molecular complexity index is 942. The number of carbonyl (C=O) groups is 1. The average molecular weight is 368 g/mol. The number of aromatic amines is 1. The van der Waals surface area contributed by atoms with Crippen LogP contribution in [0.4, 0.5) is 0 Å². The highest BCUT2D eigenvalue weighted by molar-refractivity contribution is 5.98. The summed E-state index contributed by atoms with van der Waals surface area (Å²) in [4.78, 5) is 15.3.